The Bertz CT molecular complexity index is 988. The van der Waals surface area contributed by atoms with Crippen LogP contribution in [0.4, 0.5) is 10.8 Å². The second-order valence-corrected chi connectivity index (χ2v) is 7.81. The summed E-state index contributed by atoms with van der Waals surface area (Å²) < 4.78 is 5.73. The Morgan fingerprint density at radius 3 is 2.63 bits per heavy atom. The van der Waals surface area contributed by atoms with Gasteiger partial charge in [-0.1, -0.05) is 40.9 Å². The Morgan fingerprint density at radius 2 is 1.96 bits per heavy atom. The zero-order valence-corrected chi connectivity index (χ0v) is 17.5. The SMILES string of the molecule is CC(=O)N(c1nc(COc2ccc(Cl)cc2Cl)cs1)c1ccc(C)cc1C. The molecule has 3 aromatic rings. The predicted octanol–water partition coefficient (Wildman–Crippen LogP) is 6.33. The van der Waals surface area contributed by atoms with Gasteiger partial charge in [-0.15, -0.1) is 11.3 Å². The molecule has 0 unspecified atom stereocenters. The van der Waals surface area contributed by atoms with Crippen molar-refractivity contribution < 1.29 is 9.53 Å². The molecule has 0 saturated carbocycles. The number of anilines is 2. The number of halogens is 2. The van der Waals surface area contributed by atoms with Crippen molar-refractivity contribution >= 4 is 51.3 Å². The first-order chi connectivity index (χ1) is 12.8. The van der Waals surface area contributed by atoms with E-state index in [1.165, 1.54) is 18.3 Å². The quantitative estimate of drug-likeness (QED) is 0.484. The number of ether oxygens (including phenoxy) is 1. The van der Waals surface area contributed by atoms with Gasteiger partial charge in [0.15, 0.2) is 5.13 Å². The lowest BCUT2D eigenvalue weighted by molar-refractivity contribution is -0.115. The molecule has 0 N–H and O–H groups in total. The van der Waals surface area contributed by atoms with E-state index in [1.54, 1.807) is 23.1 Å². The molecule has 0 radical (unpaired) electrons. The van der Waals surface area contributed by atoms with Crippen molar-refractivity contribution in [2.75, 3.05) is 4.90 Å². The van der Waals surface area contributed by atoms with Crippen molar-refractivity contribution in [1.29, 1.82) is 0 Å². The number of hydrogen-bond acceptors (Lipinski definition) is 4. The topological polar surface area (TPSA) is 42.4 Å². The van der Waals surface area contributed by atoms with Gasteiger partial charge in [0.2, 0.25) is 5.91 Å². The van der Waals surface area contributed by atoms with Gasteiger partial charge in [-0.25, -0.2) is 4.98 Å². The first-order valence-corrected chi connectivity index (χ1v) is 9.89. The summed E-state index contributed by atoms with van der Waals surface area (Å²) in [6.45, 7) is 5.79. The minimum Gasteiger partial charge on any atom is -0.486 e. The normalized spacial score (nSPS) is 10.7. The molecule has 0 aliphatic carbocycles. The van der Waals surface area contributed by atoms with Crippen LogP contribution in [0.2, 0.25) is 10.0 Å². The minimum absolute atomic E-state index is 0.0930. The molecule has 0 atom stereocenters. The summed E-state index contributed by atoms with van der Waals surface area (Å²) >= 11 is 13.4. The maximum Gasteiger partial charge on any atom is 0.230 e. The van der Waals surface area contributed by atoms with Crippen LogP contribution in [-0.4, -0.2) is 10.9 Å². The second-order valence-electron chi connectivity index (χ2n) is 6.13. The highest BCUT2D eigenvalue weighted by molar-refractivity contribution is 7.14. The van der Waals surface area contributed by atoms with Crippen LogP contribution in [0.5, 0.6) is 5.75 Å². The number of aromatic nitrogens is 1. The van der Waals surface area contributed by atoms with Crippen molar-refractivity contribution in [3.8, 4) is 5.75 Å². The summed E-state index contributed by atoms with van der Waals surface area (Å²) in [7, 11) is 0. The molecule has 4 nitrogen and oxygen atoms in total. The molecule has 0 aliphatic heterocycles. The molecule has 0 aliphatic rings. The van der Waals surface area contributed by atoms with Crippen molar-refractivity contribution in [3.05, 3.63) is 68.6 Å². The number of aryl methyl sites for hydroxylation is 2. The number of hydrogen-bond donors (Lipinski definition) is 0. The molecule has 1 aromatic heterocycles. The van der Waals surface area contributed by atoms with Gasteiger partial charge in [0.25, 0.3) is 0 Å². The minimum atomic E-state index is -0.0930. The fraction of sp³-hybridized carbons (Fsp3) is 0.200. The first-order valence-electron chi connectivity index (χ1n) is 8.25. The smallest absolute Gasteiger partial charge is 0.230 e. The average Bonchev–Trinajstić information content (AvgIpc) is 3.04. The lowest BCUT2D eigenvalue weighted by Gasteiger charge is -2.20. The largest absolute Gasteiger partial charge is 0.486 e. The van der Waals surface area contributed by atoms with E-state index in [9.17, 15) is 4.79 Å². The van der Waals surface area contributed by atoms with E-state index in [2.05, 4.69) is 4.98 Å². The van der Waals surface area contributed by atoms with Crippen molar-refractivity contribution in [1.82, 2.24) is 4.98 Å². The van der Waals surface area contributed by atoms with Gasteiger partial charge >= 0.3 is 0 Å². The number of carbonyl (C=O) groups is 1. The van der Waals surface area contributed by atoms with Crippen LogP contribution in [0.1, 0.15) is 23.7 Å². The zero-order chi connectivity index (χ0) is 19.6. The molecule has 3 rings (SSSR count). The number of thiazole rings is 1. The number of rotatable bonds is 5. The Morgan fingerprint density at radius 1 is 1.19 bits per heavy atom. The van der Waals surface area contributed by atoms with Crippen LogP contribution >= 0.6 is 34.5 Å². The fourth-order valence-corrected chi connectivity index (χ4v) is 4.00. The van der Waals surface area contributed by atoms with Crippen LogP contribution in [0.15, 0.2) is 41.8 Å². The standard InChI is InChI=1S/C20H18Cl2N2O2S/c1-12-4-6-18(13(2)8-12)24(14(3)25)20-23-16(11-27-20)10-26-19-7-5-15(21)9-17(19)22/h4-9,11H,10H2,1-3H3. The lowest BCUT2D eigenvalue weighted by Crippen LogP contribution is -2.23. The molecule has 0 bridgehead atoms. The van der Waals surface area contributed by atoms with Crippen molar-refractivity contribution in [2.45, 2.75) is 27.4 Å². The number of amides is 1. The molecule has 2 aromatic carbocycles. The number of nitrogens with zero attached hydrogens (tertiary/aromatic N) is 2. The third-order valence-electron chi connectivity index (χ3n) is 3.91. The van der Waals surface area contributed by atoms with Crippen LogP contribution in [0.25, 0.3) is 0 Å². The van der Waals surface area contributed by atoms with Gasteiger partial charge in [-0.3, -0.25) is 9.69 Å². The summed E-state index contributed by atoms with van der Waals surface area (Å²) in [5, 5.41) is 3.47. The summed E-state index contributed by atoms with van der Waals surface area (Å²) in [4.78, 5) is 18.5. The zero-order valence-electron chi connectivity index (χ0n) is 15.1. The summed E-state index contributed by atoms with van der Waals surface area (Å²) in [6.07, 6.45) is 0. The molecule has 1 heterocycles. The Labute approximate surface area is 172 Å². The molecule has 140 valence electrons. The van der Waals surface area contributed by atoms with E-state index in [0.717, 1.165) is 22.5 Å². The number of benzene rings is 2. The van der Waals surface area contributed by atoms with Crippen molar-refractivity contribution in [3.63, 3.8) is 0 Å². The highest BCUT2D eigenvalue weighted by Gasteiger charge is 2.20. The molecular weight excluding hydrogens is 403 g/mol. The molecule has 0 spiro atoms. The Balaban J connectivity index is 1.81. The first kappa shape index (κ1) is 19.7. The van der Waals surface area contributed by atoms with E-state index in [-0.39, 0.29) is 12.5 Å². The van der Waals surface area contributed by atoms with Crippen molar-refractivity contribution in [2.24, 2.45) is 0 Å². The van der Waals surface area contributed by atoms with Gasteiger partial charge in [-0.05, 0) is 43.7 Å². The summed E-state index contributed by atoms with van der Waals surface area (Å²) in [6, 6.07) is 11.0. The fourth-order valence-electron chi connectivity index (χ4n) is 2.67. The highest BCUT2D eigenvalue weighted by atomic mass is 35.5. The van der Waals surface area contributed by atoms with E-state index in [4.69, 9.17) is 27.9 Å². The Hall–Kier alpha value is -2.08. The third kappa shape index (κ3) is 4.61. The molecule has 27 heavy (non-hydrogen) atoms. The van der Waals surface area contributed by atoms with Crippen LogP contribution in [-0.2, 0) is 11.4 Å². The van der Waals surface area contributed by atoms with E-state index in [1.807, 2.05) is 37.4 Å². The summed E-state index contributed by atoms with van der Waals surface area (Å²) in [5.41, 5.74) is 3.71. The maximum atomic E-state index is 12.3. The van der Waals surface area contributed by atoms with E-state index < -0.39 is 0 Å². The molecule has 0 fully saturated rings. The van der Waals surface area contributed by atoms with Crippen LogP contribution in [0.3, 0.4) is 0 Å². The van der Waals surface area contributed by atoms with Gasteiger partial charge < -0.3 is 4.74 Å². The van der Waals surface area contributed by atoms with Crippen LogP contribution in [0, 0.1) is 13.8 Å². The predicted molar refractivity (Wildman–Crippen MR) is 112 cm³/mol. The lowest BCUT2D eigenvalue weighted by atomic mass is 10.1. The Kier molecular flexibility index (Phi) is 6.05. The third-order valence-corrected chi connectivity index (χ3v) is 5.31. The number of carbonyl (C=O) groups excluding carboxylic acids is 1. The molecule has 7 heteroatoms. The van der Waals surface area contributed by atoms with Gasteiger partial charge in [0.1, 0.15) is 12.4 Å². The van der Waals surface area contributed by atoms with Crippen LogP contribution < -0.4 is 9.64 Å². The van der Waals surface area contributed by atoms with Gasteiger partial charge in [-0.2, -0.15) is 0 Å². The van der Waals surface area contributed by atoms with E-state index >= 15 is 0 Å². The van der Waals surface area contributed by atoms with Gasteiger partial charge in [0, 0.05) is 17.3 Å². The maximum absolute atomic E-state index is 12.3. The van der Waals surface area contributed by atoms with Gasteiger partial charge in [0.05, 0.1) is 16.4 Å². The average molecular weight is 421 g/mol. The molecule has 0 saturated heterocycles. The second kappa shape index (κ2) is 8.30. The molecule has 1 amide bonds. The van der Waals surface area contributed by atoms with E-state index in [0.29, 0.717) is 20.9 Å². The summed E-state index contributed by atoms with van der Waals surface area (Å²) in [5.74, 6) is 0.443. The highest BCUT2D eigenvalue weighted by Crippen LogP contribution is 2.33. The monoisotopic (exact) mass is 420 g/mol. The molecular formula is C20H18Cl2N2O2S.